The van der Waals surface area contributed by atoms with Crippen molar-refractivity contribution in [2.75, 3.05) is 0 Å². The average Bonchev–Trinajstić information content (AvgIpc) is 2.99. The zero-order chi connectivity index (χ0) is 18.0. The highest BCUT2D eigenvalue weighted by Crippen LogP contribution is 2.24. The summed E-state index contributed by atoms with van der Waals surface area (Å²) in [6.45, 7) is 3.92. The Labute approximate surface area is 142 Å². The Hall–Kier alpha value is -3.03. The van der Waals surface area contributed by atoms with Crippen LogP contribution in [0.25, 0.3) is 22.4 Å². The molecule has 0 fully saturated rings. The summed E-state index contributed by atoms with van der Waals surface area (Å²) in [5.41, 5.74) is 0.595. The summed E-state index contributed by atoms with van der Waals surface area (Å²) in [5, 5.41) is 6.85. The van der Waals surface area contributed by atoms with E-state index in [1.165, 1.54) is 35.2 Å². The second-order valence-corrected chi connectivity index (χ2v) is 5.93. The quantitative estimate of drug-likeness (QED) is 0.765. The number of carbonyl (C=O) groups is 1. The van der Waals surface area contributed by atoms with Crippen molar-refractivity contribution in [3.05, 3.63) is 46.8 Å². The maximum atomic E-state index is 13.1. The lowest BCUT2D eigenvalue weighted by atomic mass is 10.1. The van der Waals surface area contributed by atoms with Crippen LogP contribution >= 0.6 is 0 Å². The maximum absolute atomic E-state index is 13.1. The molecule has 25 heavy (non-hydrogen) atoms. The van der Waals surface area contributed by atoms with Crippen LogP contribution in [-0.2, 0) is 11.3 Å². The molecule has 2 heterocycles. The normalized spacial score (nSPS) is 11.2. The molecule has 8 heteroatoms. The molecule has 1 N–H and O–H groups in total. The molecule has 0 unspecified atom stereocenters. The van der Waals surface area contributed by atoms with Gasteiger partial charge in [0.2, 0.25) is 5.91 Å². The molecule has 0 aliphatic heterocycles. The van der Waals surface area contributed by atoms with Crippen molar-refractivity contribution in [3.63, 3.8) is 0 Å². The molecule has 3 rings (SSSR count). The van der Waals surface area contributed by atoms with E-state index < -0.39 is 0 Å². The number of aryl methyl sites for hydroxylation is 1. The van der Waals surface area contributed by atoms with Gasteiger partial charge in [0.1, 0.15) is 23.2 Å². The highest BCUT2D eigenvalue weighted by atomic mass is 19.1. The van der Waals surface area contributed by atoms with Gasteiger partial charge in [-0.15, -0.1) is 0 Å². The molecule has 3 aromatic rings. The van der Waals surface area contributed by atoms with Crippen molar-refractivity contribution in [3.8, 4) is 11.3 Å². The van der Waals surface area contributed by atoms with Gasteiger partial charge < -0.3 is 9.84 Å². The highest BCUT2D eigenvalue weighted by Gasteiger charge is 2.17. The van der Waals surface area contributed by atoms with Gasteiger partial charge in [0.05, 0.1) is 0 Å². The standard InChI is InChI=1S/C17H17FN4O3/c1-10(2)20-13(23)7-8-22-9-19-16-14(17(22)24)15(21-25-16)11-3-5-12(18)6-4-11/h3-6,9-10H,7-8H2,1-2H3,(H,20,23). The van der Waals surface area contributed by atoms with Gasteiger partial charge in [0.25, 0.3) is 11.3 Å². The van der Waals surface area contributed by atoms with E-state index in [4.69, 9.17) is 4.52 Å². The molecule has 0 spiro atoms. The minimum atomic E-state index is -0.386. The van der Waals surface area contributed by atoms with E-state index in [1.807, 2.05) is 13.8 Å². The summed E-state index contributed by atoms with van der Waals surface area (Å²) in [6, 6.07) is 5.62. The molecule has 0 saturated carbocycles. The number of fused-ring (bicyclic) bond motifs is 1. The lowest BCUT2D eigenvalue weighted by Gasteiger charge is -2.09. The van der Waals surface area contributed by atoms with Crippen molar-refractivity contribution in [1.82, 2.24) is 20.0 Å². The van der Waals surface area contributed by atoms with Crippen molar-refractivity contribution < 1.29 is 13.7 Å². The molecule has 130 valence electrons. The lowest BCUT2D eigenvalue weighted by molar-refractivity contribution is -0.121. The maximum Gasteiger partial charge on any atom is 0.266 e. The lowest BCUT2D eigenvalue weighted by Crippen LogP contribution is -2.32. The van der Waals surface area contributed by atoms with Crippen molar-refractivity contribution >= 4 is 17.0 Å². The van der Waals surface area contributed by atoms with Gasteiger partial charge in [-0.1, -0.05) is 5.16 Å². The molecule has 0 bridgehead atoms. The van der Waals surface area contributed by atoms with Gasteiger partial charge in [-0.3, -0.25) is 14.2 Å². The van der Waals surface area contributed by atoms with Crippen LogP contribution in [0, 0.1) is 5.82 Å². The zero-order valence-electron chi connectivity index (χ0n) is 13.8. The summed E-state index contributed by atoms with van der Waals surface area (Å²) in [6.07, 6.45) is 1.48. The number of hydrogen-bond acceptors (Lipinski definition) is 5. The smallest absolute Gasteiger partial charge is 0.266 e. The van der Waals surface area contributed by atoms with E-state index in [1.54, 1.807) is 0 Å². The number of rotatable bonds is 5. The van der Waals surface area contributed by atoms with E-state index in [2.05, 4.69) is 15.5 Å². The van der Waals surface area contributed by atoms with E-state index in [9.17, 15) is 14.0 Å². The fraction of sp³-hybridized carbons (Fsp3) is 0.294. The second kappa shape index (κ2) is 6.84. The second-order valence-electron chi connectivity index (χ2n) is 5.93. The minimum Gasteiger partial charge on any atom is -0.354 e. The molecule has 0 aliphatic rings. The largest absolute Gasteiger partial charge is 0.354 e. The predicted octanol–water partition coefficient (Wildman–Crippen LogP) is 2.11. The summed E-state index contributed by atoms with van der Waals surface area (Å²) < 4.78 is 19.5. The average molecular weight is 344 g/mol. The molecule has 0 saturated heterocycles. The van der Waals surface area contributed by atoms with Crippen molar-refractivity contribution in [2.24, 2.45) is 0 Å². The van der Waals surface area contributed by atoms with Gasteiger partial charge in [0.15, 0.2) is 0 Å². The van der Waals surface area contributed by atoms with Crippen LogP contribution in [0.4, 0.5) is 4.39 Å². The molecule has 7 nitrogen and oxygen atoms in total. The van der Waals surface area contributed by atoms with E-state index in [0.717, 1.165) is 0 Å². The number of nitrogens with one attached hydrogen (secondary N) is 1. The van der Waals surface area contributed by atoms with E-state index in [-0.39, 0.29) is 47.4 Å². The Morgan fingerprint density at radius 1 is 1.32 bits per heavy atom. The number of carbonyl (C=O) groups excluding carboxylic acids is 1. The Morgan fingerprint density at radius 2 is 2.04 bits per heavy atom. The van der Waals surface area contributed by atoms with Crippen molar-refractivity contribution in [2.45, 2.75) is 32.9 Å². The Bertz CT molecular complexity index is 960. The molecule has 1 aromatic carbocycles. The molecular weight excluding hydrogens is 327 g/mol. The molecule has 2 aromatic heterocycles. The first-order valence-electron chi connectivity index (χ1n) is 7.86. The molecular formula is C17H17FN4O3. The topological polar surface area (TPSA) is 90.0 Å². The van der Waals surface area contributed by atoms with Crippen molar-refractivity contribution in [1.29, 1.82) is 0 Å². The van der Waals surface area contributed by atoms with Crippen LogP contribution in [0.15, 0.2) is 39.9 Å². The third-order valence-corrected chi connectivity index (χ3v) is 3.61. The van der Waals surface area contributed by atoms with Gasteiger partial charge >= 0.3 is 0 Å². The van der Waals surface area contributed by atoms with Crippen LogP contribution < -0.4 is 10.9 Å². The van der Waals surface area contributed by atoms with Crippen LogP contribution in [0.5, 0.6) is 0 Å². The summed E-state index contributed by atoms with van der Waals surface area (Å²) in [7, 11) is 0. The van der Waals surface area contributed by atoms with Crippen LogP contribution in [0.1, 0.15) is 20.3 Å². The minimum absolute atomic E-state index is 0.0352. The molecule has 0 aliphatic carbocycles. The molecule has 1 amide bonds. The number of amides is 1. The van der Waals surface area contributed by atoms with E-state index in [0.29, 0.717) is 11.3 Å². The first-order chi connectivity index (χ1) is 12.0. The van der Waals surface area contributed by atoms with Gasteiger partial charge in [0, 0.05) is 24.6 Å². The third kappa shape index (κ3) is 3.57. The summed E-state index contributed by atoms with van der Waals surface area (Å²) >= 11 is 0. The van der Waals surface area contributed by atoms with Crippen LogP contribution in [0.3, 0.4) is 0 Å². The number of benzene rings is 1. The highest BCUT2D eigenvalue weighted by molar-refractivity contribution is 5.88. The monoisotopic (exact) mass is 344 g/mol. The predicted molar refractivity (Wildman–Crippen MR) is 89.4 cm³/mol. The van der Waals surface area contributed by atoms with Gasteiger partial charge in [-0.25, -0.2) is 9.37 Å². The number of hydrogen-bond donors (Lipinski definition) is 1. The molecule has 0 atom stereocenters. The first-order valence-corrected chi connectivity index (χ1v) is 7.86. The Balaban J connectivity index is 1.93. The fourth-order valence-corrected chi connectivity index (χ4v) is 2.46. The SMILES string of the molecule is CC(C)NC(=O)CCn1cnc2onc(-c3ccc(F)cc3)c2c1=O. The third-order valence-electron chi connectivity index (χ3n) is 3.61. The molecule has 0 radical (unpaired) electrons. The summed E-state index contributed by atoms with van der Waals surface area (Å²) in [4.78, 5) is 28.5. The Kier molecular flexibility index (Phi) is 4.60. The summed E-state index contributed by atoms with van der Waals surface area (Å²) in [5.74, 6) is -0.533. The Morgan fingerprint density at radius 3 is 2.72 bits per heavy atom. The van der Waals surface area contributed by atoms with Gasteiger partial charge in [-0.05, 0) is 38.1 Å². The number of nitrogens with zero attached hydrogens (tertiary/aromatic N) is 3. The fourth-order valence-electron chi connectivity index (χ4n) is 2.46. The zero-order valence-corrected chi connectivity index (χ0v) is 13.8. The van der Waals surface area contributed by atoms with Gasteiger partial charge in [-0.2, -0.15) is 0 Å². The number of aromatic nitrogens is 3. The van der Waals surface area contributed by atoms with E-state index >= 15 is 0 Å². The van der Waals surface area contributed by atoms with Crippen LogP contribution in [0.2, 0.25) is 0 Å². The van der Waals surface area contributed by atoms with Crippen LogP contribution in [-0.4, -0.2) is 26.7 Å². The first kappa shape index (κ1) is 16.8. The number of halogens is 1.